The molecule has 1 heterocycles. The van der Waals surface area contributed by atoms with Crippen molar-refractivity contribution in [1.29, 1.82) is 0 Å². The molecule has 1 saturated heterocycles. The van der Waals surface area contributed by atoms with E-state index in [1.54, 1.807) is 0 Å². The minimum Gasteiger partial charge on any atom is -0.469 e. The third-order valence-electron chi connectivity index (χ3n) is 4.63. The summed E-state index contributed by atoms with van der Waals surface area (Å²) < 4.78 is 4.89. The van der Waals surface area contributed by atoms with E-state index in [0.717, 1.165) is 30.2 Å². The summed E-state index contributed by atoms with van der Waals surface area (Å²) in [5.74, 6) is 0.617. The van der Waals surface area contributed by atoms with E-state index in [0.29, 0.717) is 6.54 Å². The van der Waals surface area contributed by atoms with Gasteiger partial charge >= 0.3 is 5.97 Å². The maximum atomic E-state index is 11.9. The van der Waals surface area contributed by atoms with E-state index < -0.39 is 6.10 Å². The van der Waals surface area contributed by atoms with Gasteiger partial charge in [0.1, 0.15) is 0 Å². The maximum absolute atomic E-state index is 11.9. The van der Waals surface area contributed by atoms with Crippen LogP contribution in [0.4, 0.5) is 0 Å². The summed E-state index contributed by atoms with van der Waals surface area (Å²) >= 11 is 0. The Morgan fingerprint density at radius 1 is 1.38 bits per heavy atom. The number of carbonyl (C=O) groups is 1. The van der Waals surface area contributed by atoms with Gasteiger partial charge in [0.05, 0.1) is 25.7 Å². The van der Waals surface area contributed by atoms with Gasteiger partial charge in [0.25, 0.3) is 0 Å². The number of likely N-dealkylation sites (tertiary alicyclic amines) is 1. The molecule has 0 bridgehead atoms. The number of esters is 1. The first kappa shape index (κ1) is 22.7. The van der Waals surface area contributed by atoms with Crippen LogP contribution in [0.5, 0.6) is 0 Å². The predicted molar refractivity (Wildman–Crippen MR) is 114 cm³/mol. The largest absolute Gasteiger partial charge is 0.469 e. The third kappa shape index (κ3) is 5.84. The molecule has 0 aromatic heterocycles. The van der Waals surface area contributed by atoms with E-state index in [-0.39, 0.29) is 48.3 Å². The zero-order valence-electron chi connectivity index (χ0n) is 15.9. The molecule has 0 radical (unpaired) electrons. The van der Waals surface area contributed by atoms with Crippen molar-refractivity contribution >= 4 is 35.9 Å². The number of ether oxygens (including phenoxy) is 1. The zero-order chi connectivity index (χ0) is 18.4. The summed E-state index contributed by atoms with van der Waals surface area (Å²) in [6.07, 6.45) is -0.648. The molecule has 146 valence electrons. The van der Waals surface area contributed by atoms with Gasteiger partial charge in [-0.1, -0.05) is 36.8 Å². The lowest BCUT2D eigenvalue weighted by molar-refractivity contribution is -0.145. The number of halogens is 1. The molecule has 0 amide bonds. The second-order valence-corrected chi connectivity index (χ2v) is 6.63. The average molecular weight is 475 g/mol. The monoisotopic (exact) mass is 475 g/mol. The number of methoxy groups -OCH3 is 1. The first-order chi connectivity index (χ1) is 12.0. The Kier molecular flexibility index (Phi) is 9.35. The summed E-state index contributed by atoms with van der Waals surface area (Å²) in [5.41, 5.74) is 2.01. The Hall–Kier alpha value is -1.35. The molecule has 7 heteroatoms. The Balaban J connectivity index is 0.00000338. The van der Waals surface area contributed by atoms with E-state index in [1.165, 1.54) is 7.11 Å². The number of nitrogens with zero attached hydrogens (tertiary/aromatic N) is 2. The predicted octanol–water partition coefficient (Wildman–Crippen LogP) is 2.35. The number of hydrogen-bond acceptors (Lipinski definition) is 4. The quantitative estimate of drug-likeness (QED) is 0.296. The fraction of sp³-hybridized carbons (Fsp3) is 0.579. The normalized spacial score (nSPS) is 21.1. The Labute approximate surface area is 173 Å². The maximum Gasteiger partial charge on any atom is 0.310 e. The molecular formula is C19H30IN3O3. The lowest BCUT2D eigenvalue weighted by Crippen LogP contribution is -2.41. The molecule has 1 aliphatic heterocycles. The van der Waals surface area contributed by atoms with Crippen LogP contribution in [0.15, 0.2) is 29.3 Å². The van der Waals surface area contributed by atoms with Crippen molar-refractivity contribution in [2.45, 2.75) is 26.9 Å². The molecule has 3 unspecified atom stereocenters. The van der Waals surface area contributed by atoms with Gasteiger partial charge in [-0.05, 0) is 25.3 Å². The molecule has 2 N–H and O–H groups in total. The minimum absolute atomic E-state index is 0. The van der Waals surface area contributed by atoms with Crippen LogP contribution in [0, 0.1) is 18.8 Å². The van der Waals surface area contributed by atoms with Gasteiger partial charge in [0.15, 0.2) is 5.96 Å². The van der Waals surface area contributed by atoms with Crippen LogP contribution in [0.25, 0.3) is 0 Å². The van der Waals surface area contributed by atoms with Gasteiger partial charge in [-0.3, -0.25) is 9.79 Å². The highest BCUT2D eigenvalue weighted by Crippen LogP contribution is 2.24. The lowest BCUT2D eigenvalue weighted by Gasteiger charge is -2.22. The SMILES string of the molecule is CCNC(=NCC(O)c1ccc(C)cc1)N1CC(C)C(C(=O)OC)C1.I. The third-order valence-corrected chi connectivity index (χ3v) is 4.63. The van der Waals surface area contributed by atoms with Crippen molar-refractivity contribution < 1.29 is 14.6 Å². The fourth-order valence-corrected chi connectivity index (χ4v) is 3.09. The van der Waals surface area contributed by atoms with Gasteiger partial charge in [-0.2, -0.15) is 0 Å². The van der Waals surface area contributed by atoms with Gasteiger partial charge in [-0.25, -0.2) is 0 Å². The van der Waals surface area contributed by atoms with Crippen LogP contribution < -0.4 is 5.32 Å². The first-order valence-corrected chi connectivity index (χ1v) is 8.82. The second kappa shape index (κ2) is 10.7. The van der Waals surface area contributed by atoms with Crippen LogP contribution in [-0.2, 0) is 9.53 Å². The Morgan fingerprint density at radius 2 is 2.04 bits per heavy atom. The van der Waals surface area contributed by atoms with Gasteiger partial charge in [0.2, 0.25) is 0 Å². The molecule has 0 aliphatic carbocycles. The number of aliphatic hydroxyl groups is 1. The van der Waals surface area contributed by atoms with Gasteiger partial charge in [-0.15, -0.1) is 24.0 Å². The summed E-state index contributed by atoms with van der Waals surface area (Å²) in [6, 6.07) is 7.81. The standard InChI is InChI=1S/C19H29N3O3.HI/c1-5-20-19(22-11-14(3)16(12-22)18(24)25-4)21-10-17(23)15-8-6-13(2)7-9-15;/h6-9,14,16-17,23H,5,10-12H2,1-4H3,(H,20,21);1H. The number of hydrogen-bond donors (Lipinski definition) is 2. The number of guanidine groups is 1. The molecule has 26 heavy (non-hydrogen) atoms. The van der Waals surface area contributed by atoms with Gasteiger partial charge < -0.3 is 20.1 Å². The summed E-state index contributed by atoms with van der Waals surface area (Å²) in [5, 5.41) is 13.6. The number of aliphatic imine (C=N–C) groups is 1. The van der Waals surface area contributed by atoms with Crippen LogP contribution in [-0.4, -0.2) is 55.2 Å². The van der Waals surface area contributed by atoms with Crippen molar-refractivity contribution in [2.24, 2.45) is 16.8 Å². The smallest absolute Gasteiger partial charge is 0.310 e. The Morgan fingerprint density at radius 3 is 2.62 bits per heavy atom. The van der Waals surface area contributed by atoms with E-state index in [4.69, 9.17) is 4.74 Å². The van der Waals surface area contributed by atoms with E-state index >= 15 is 0 Å². The summed E-state index contributed by atoms with van der Waals surface area (Å²) in [6.45, 7) is 8.40. The topological polar surface area (TPSA) is 74.2 Å². The minimum atomic E-state index is -0.648. The Bertz CT molecular complexity index is 607. The molecular weight excluding hydrogens is 445 g/mol. The molecule has 0 spiro atoms. The van der Waals surface area contributed by atoms with Crippen LogP contribution >= 0.6 is 24.0 Å². The second-order valence-electron chi connectivity index (χ2n) is 6.63. The molecule has 3 atom stereocenters. The number of rotatable bonds is 5. The van der Waals surface area contributed by atoms with E-state index in [9.17, 15) is 9.90 Å². The number of aryl methyl sites for hydroxylation is 1. The number of aliphatic hydroxyl groups excluding tert-OH is 1. The van der Waals surface area contributed by atoms with Crippen molar-refractivity contribution in [2.75, 3.05) is 33.3 Å². The van der Waals surface area contributed by atoms with Crippen LogP contribution in [0.2, 0.25) is 0 Å². The number of nitrogens with one attached hydrogen (secondary N) is 1. The van der Waals surface area contributed by atoms with Crippen LogP contribution in [0.1, 0.15) is 31.1 Å². The highest BCUT2D eigenvalue weighted by Gasteiger charge is 2.36. The average Bonchev–Trinajstić information content (AvgIpc) is 2.99. The summed E-state index contributed by atoms with van der Waals surface area (Å²) in [7, 11) is 1.43. The van der Waals surface area contributed by atoms with Gasteiger partial charge in [0, 0.05) is 19.6 Å². The molecule has 1 fully saturated rings. The zero-order valence-corrected chi connectivity index (χ0v) is 18.3. The highest BCUT2D eigenvalue weighted by molar-refractivity contribution is 14.0. The van der Waals surface area contributed by atoms with E-state index in [1.807, 2.05) is 45.0 Å². The summed E-state index contributed by atoms with van der Waals surface area (Å²) in [4.78, 5) is 18.5. The fourth-order valence-electron chi connectivity index (χ4n) is 3.09. The van der Waals surface area contributed by atoms with Crippen molar-refractivity contribution in [3.05, 3.63) is 35.4 Å². The number of carbonyl (C=O) groups excluding carboxylic acids is 1. The van der Waals surface area contributed by atoms with Crippen molar-refractivity contribution in [1.82, 2.24) is 10.2 Å². The lowest BCUT2D eigenvalue weighted by atomic mass is 9.99. The first-order valence-electron chi connectivity index (χ1n) is 8.82. The molecule has 1 aromatic carbocycles. The molecule has 1 aliphatic rings. The van der Waals surface area contributed by atoms with Crippen molar-refractivity contribution in [3.8, 4) is 0 Å². The molecule has 0 saturated carbocycles. The molecule has 2 rings (SSSR count). The van der Waals surface area contributed by atoms with Crippen molar-refractivity contribution in [3.63, 3.8) is 0 Å². The van der Waals surface area contributed by atoms with Crippen LogP contribution in [0.3, 0.4) is 0 Å². The molecule has 6 nitrogen and oxygen atoms in total. The molecule has 1 aromatic rings. The number of benzene rings is 1. The highest BCUT2D eigenvalue weighted by atomic mass is 127. The van der Waals surface area contributed by atoms with E-state index in [2.05, 4.69) is 15.2 Å².